The average molecular weight is 344 g/mol. The Balaban J connectivity index is 1.80. The third-order valence-electron chi connectivity index (χ3n) is 3.84. The molecule has 0 atom stereocenters. The molecule has 0 amide bonds. The molecule has 0 unspecified atom stereocenters. The smallest absolute Gasteiger partial charge is 0.387 e. The van der Waals surface area contributed by atoms with Crippen molar-refractivity contribution in [3.8, 4) is 11.5 Å². The third kappa shape index (κ3) is 3.96. The van der Waals surface area contributed by atoms with E-state index >= 15 is 0 Å². The lowest BCUT2D eigenvalue weighted by atomic mass is 10.2. The number of rotatable bonds is 6. The van der Waals surface area contributed by atoms with Gasteiger partial charge < -0.3 is 14.4 Å². The van der Waals surface area contributed by atoms with Crippen LogP contribution in [0.3, 0.4) is 0 Å². The minimum atomic E-state index is -2.88. The fourth-order valence-electron chi connectivity index (χ4n) is 2.63. The fraction of sp³-hybridized carbons (Fsp3) is 0.211. The predicted molar refractivity (Wildman–Crippen MR) is 93.5 cm³/mol. The minimum absolute atomic E-state index is 0.0210. The first-order chi connectivity index (χ1) is 12.1. The van der Waals surface area contributed by atoms with E-state index in [1.807, 2.05) is 48.3 Å². The van der Waals surface area contributed by atoms with Crippen LogP contribution in [0, 0.1) is 0 Å². The zero-order chi connectivity index (χ0) is 17.8. The van der Waals surface area contributed by atoms with Crippen molar-refractivity contribution in [3.05, 3.63) is 60.2 Å². The quantitative estimate of drug-likeness (QED) is 0.660. The van der Waals surface area contributed by atoms with Crippen molar-refractivity contribution in [2.45, 2.75) is 13.2 Å². The van der Waals surface area contributed by atoms with E-state index in [2.05, 4.69) is 9.72 Å². The summed E-state index contributed by atoms with van der Waals surface area (Å²) >= 11 is 0. The van der Waals surface area contributed by atoms with Crippen molar-refractivity contribution in [3.63, 3.8) is 0 Å². The van der Waals surface area contributed by atoms with Crippen LogP contribution in [0.15, 0.2) is 54.6 Å². The van der Waals surface area contributed by atoms with Crippen molar-refractivity contribution in [2.75, 3.05) is 19.1 Å². The number of fused-ring (bicyclic) bond motifs is 1. The highest BCUT2D eigenvalue weighted by atomic mass is 19.3. The van der Waals surface area contributed by atoms with Crippen LogP contribution in [-0.4, -0.2) is 25.8 Å². The molecule has 0 bridgehead atoms. The Hall–Kier alpha value is -2.89. The lowest BCUT2D eigenvalue weighted by Crippen LogP contribution is -2.17. The molecule has 0 fully saturated rings. The van der Waals surface area contributed by atoms with Gasteiger partial charge in [-0.05, 0) is 35.9 Å². The zero-order valence-electron chi connectivity index (χ0n) is 13.9. The topological polar surface area (TPSA) is 34.6 Å². The summed E-state index contributed by atoms with van der Waals surface area (Å²) in [5, 5.41) is 1.08. The van der Waals surface area contributed by atoms with E-state index in [0.717, 1.165) is 22.3 Å². The maximum atomic E-state index is 12.4. The predicted octanol–water partition coefficient (Wildman–Crippen LogP) is 4.48. The first-order valence-electron chi connectivity index (χ1n) is 7.75. The number of nitrogens with zero attached hydrogens (tertiary/aromatic N) is 2. The van der Waals surface area contributed by atoms with E-state index in [4.69, 9.17) is 4.74 Å². The number of hydrogen-bond donors (Lipinski definition) is 0. The van der Waals surface area contributed by atoms with Crippen LogP contribution in [-0.2, 0) is 6.54 Å². The minimum Gasteiger partial charge on any atom is -0.493 e. The molecule has 1 aromatic heterocycles. The molecule has 0 saturated heterocycles. The number of halogens is 2. The monoisotopic (exact) mass is 344 g/mol. The van der Waals surface area contributed by atoms with Crippen LogP contribution in [0.25, 0.3) is 10.9 Å². The molecule has 4 nitrogen and oxygen atoms in total. The Morgan fingerprint density at radius 2 is 1.84 bits per heavy atom. The van der Waals surface area contributed by atoms with Gasteiger partial charge >= 0.3 is 6.61 Å². The van der Waals surface area contributed by atoms with Gasteiger partial charge in [0.1, 0.15) is 5.82 Å². The summed E-state index contributed by atoms with van der Waals surface area (Å²) in [6, 6.07) is 16.8. The molecule has 0 aliphatic rings. The number of hydrogen-bond acceptors (Lipinski definition) is 4. The third-order valence-corrected chi connectivity index (χ3v) is 3.84. The molecule has 3 rings (SSSR count). The molecule has 1 heterocycles. The van der Waals surface area contributed by atoms with Crippen molar-refractivity contribution in [2.24, 2.45) is 0 Å². The van der Waals surface area contributed by atoms with Crippen molar-refractivity contribution in [1.29, 1.82) is 0 Å². The van der Waals surface area contributed by atoms with Crippen LogP contribution < -0.4 is 14.4 Å². The second-order valence-electron chi connectivity index (χ2n) is 5.58. The maximum absolute atomic E-state index is 12.4. The van der Waals surface area contributed by atoms with E-state index < -0.39 is 6.61 Å². The van der Waals surface area contributed by atoms with Gasteiger partial charge in [0, 0.05) is 19.0 Å². The summed E-state index contributed by atoms with van der Waals surface area (Å²) in [6.07, 6.45) is 0. The summed E-state index contributed by atoms with van der Waals surface area (Å²) in [6.45, 7) is -2.33. The summed E-state index contributed by atoms with van der Waals surface area (Å²) in [4.78, 5) is 6.62. The van der Waals surface area contributed by atoms with E-state index in [-0.39, 0.29) is 11.5 Å². The van der Waals surface area contributed by atoms with Gasteiger partial charge in [0.25, 0.3) is 0 Å². The first-order valence-corrected chi connectivity index (χ1v) is 7.75. The molecular formula is C19H18F2N2O2. The standard InChI is InChI=1S/C19H18F2N2O2/c1-23(18-10-8-14-5-3-4-6-15(14)22-18)12-13-7-9-16(25-19(20)21)17(11-13)24-2/h3-11,19H,12H2,1-2H3. The number of anilines is 1. The normalized spacial score (nSPS) is 10.9. The van der Waals surface area contributed by atoms with Gasteiger partial charge in [-0.25, -0.2) is 4.98 Å². The lowest BCUT2D eigenvalue weighted by Gasteiger charge is -2.19. The molecule has 130 valence electrons. The van der Waals surface area contributed by atoms with Crippen molar-refractivity contribution >= 4 is 16.7 Å². The van der Waals surface area contributed by atoms with Crippen molar-refractivity contribution in [1.82, 2.24) is 4.98 Å². The molecule has 0 aliphatic carbocycles. The van der Waals surface area contributed by atoms with E-state index in [0.29, 0.717) is 6.54 Å². The molecule has 2 aromatic carbocycles. The number of pyridine rings is 1. The number of para-hydroxylation sites is 1. The van der Waals surface area contributed by atoms with Crippen LogP contribution in [0.5, 0.6) is 11.5 Å². The molecule has 0 aliphatic heterocycles. The summed E-state index contributed by atoms with van der Waals surface area (Å²) in [5.74, 6) is 1.12. The second kappa shape index (κ2) is 7.34. The van der Waals surface area contributed by atoms with E-state index in [9.17, 15) is 8.78 Å². The number of methoxy groups -OCH3 is 1. The Kier molecular flexibility index (Phi) is 4.97. The van der Waals surface area contributed by atoms with Gasteiger partial charge in [-0.3, -0.25) is 0 Å². The molecular weight excluding hydrogens is 326 g/mol. The number of ether oxygens (including phenoxy) is 2. The Labute approximate surface area is 144 Å². The van der Waals surface area contributed by atoms with Crippen LogP contribution in [0.2, 0.25) is 0 Å². The van der Waals surface area contributed by atoms with Gasteiger partial charge in [-0.1, -0.05) is 24.3 Å². The first kappa shape index (κ1) is 17.0. The molecule has 0 saturated carbocycles. The molecule has 0 N–H and O–H groups in total. The molecule has 0 spiro atoms. The zero-order valence-corrected chi connectivity index (χ0v) is 13.9. The number of aromatic nitrogens is 1. The largest absolute Gasteiger partial charge is 0.493 e. The molecule has 0 radical (unpaired) electrons. The molecule has 6 heteroatoms. The van der Waals surface area contributed by atoms with Gasteiger partial charge in [0.05, 0.1) is 12.6 Å². The summed E-state index contributed by atoms with van der Waals surface area (Å²) in [5.41, 5.74) is 1.82. The van der Waals surface area contributed by atoms with Crippen LogP contribution in [0.1, 0.15) is 5.56 Å². The highest BCUT2D eigenvalue weighted by Gasteiger charge is 2.12. The number of benzene rings is 2. The SMILES string of the molecule is COc1cc(CN(C)c2ccc3ccccc3n2)ccc1OC(F)F. The summed E-state index contributed by atoms with van der Waals surface area (Å²) in [7, 11) is 3.35. The van der Waals surface area contributed by atoms with Gasteiger partial charge in [0.2, 0.25) is 0 Å². The fourth-order valence-corrected chi connectivity index (χ4v) is 2.63. The average Bonchev–Trinajstić information content (AvgIpc) is 2.62. The van der Waals surface area contributed by atoms with Gasteiger partial charge in [0.15, 0.2) is 11.5 Å². The number of alkyl halides is 2. The molecule has 25 heavy (non-hydrogen) atoms. The second-order valence-corrected chi connectivity index (χ2v) is 5.58. The van der Waals surface area contributed by atoms with Gasteiger partial charge in [-0.15, -0.1) is 0 Å². The highest BCUT2D eigenvalue weighted by molar-refractivity contribution is 5.80. The van der Waals surface area contributed by atoms with Crippen molar-refractivity contribution < 1.29 is 18.3 Å². The Morgan fingerprint density at radius 1 is 1.04 bits per heavy atom. The van der Waals surface area contributed by atoms with Crippen LogP contribution in [0.4, 0.5) is 14.6 Å². The van der Waals surface area contributed by atoms with E-state index in [1.54, 1.807) is 12.1 Å². The summed E-state index contributed by atoms with van der Waals surface area (Å²) < 4.78 is 34.4. The highest BCUT2D eigenvalue weighted by Crippen LogP contribution is 2.30. The van der Waals surface area contributed by atoms with Gasteiger partial charge in [-0.2, -0.15) is 8.78 Å². The Bertz CT molecular complexity index is 871. The van der Waals surface area contributed by atoms with Crippen LogP contribution >= 0.6 is 0 Å². The maximum Gasteiger partial charge on any atom is 0.387 e. The van der Waals surface area contributed by atoms with E-state index in [1.165, 1.54) is 13.2 Å². The molecule has 3 aromatic rings. The Morgan fingerprint density at radius 3 is 2.60 bits per heavy atom. The lowest BCUT2D eigenvalue weighted by molar-refractivity contribution is -0.0512.